The number of rotatable bonds is 6. The summed E-state index contributed by atoms with van der Waals surface area (Å²) in [5.41, 5.74) is 5.99. The minimum Gasteiger partial charge on any atom is -0.496 e. The van der Waals surface area contributed by atoms with Crippen molar-refractivity contribution >= 4 is 23.3 Å². The molecule has 6 heteroatoms. The lowest BCUT2D eigenvalue weighted by Gasteiger charge is -2.24. The van der Waals surface area contributed by atoms with E-state index >= 15 is 0 Å². The van der Waals surface area contributed by atoms with Crippen LogP contribution >= 0.6 is 12.4 Å². The summed E-state index contributed by atoms with van der Waals surface area (Å²) >= 11 is 0. The molecule has 4 rings (SSSR count). The van der Waals surface area contributed by atoms with Crippen LogP contribution in [0.15, 0.2) is 30.3 Å². The molecule has 2 heterocycles. The molecule has 0 radical (unpaired) electrons. The summed E-state index contributed by atoms with van der Waals surface area (Å²) < 4.78 is 16.7. The van der Waals surface area contributed by atoms with Gasteiger partial charge in [-0.3, -0.25) is 0 Å². The summed E-state index contributed by atoms with van der Waals surface area (Å²) in [5, 5.41) is 4.74. The number of fused-ring (bicyclic) bond motifs is 1. The SMILES string of the molecule is CCc1c(-c2ccc(OC)c(OC)c2)[nH]c2cc(OC)c(C3CCNCC3)cc12.Cl. The first-order chi connectivity index (χ1) is 14.2. The fraction of sp³-hybridized carbons (Fsp3) is 0.417. The van der Waals surface area contributed by atoms with Crippen LogP contribution in [0.25, 0.3) is 22.2 Å². The lowest BCUT2D eigenvalue weighted by atomic mass is 9.88. The van der Waals surface area contributed by atoms with Gasteiger partial charge in [-0.2, -0.15) is 0 Å². The molecule has 1 saturated heterocycles. The van der Waals surface area contributed by atoms with E-state index in [9.17, 15) is 0 Å². The van der Waals surface area contributed by atoms with Crippen molar-refractivity contribution in [1.82, 2.24) is 10.3 Å². The number of ether oxygens (including phenoxy) is 3. The number of aromatic amines is 1. The van der Waals surface area contributed by atoms with Crippen LogP contribution in [0.3, 0.4) is 0 Å². The number of H-pyrrole nitrogens is 1. The Morgan fingerprint density at radius 1 is 0.900 bits per heavy atom. The highest BCUT2D eigenvalue weighted by Gasteiger charge is 2.22. The quantitative estimate of drug-likeness (QED) is 0.556. The number of aromatic nitrogens is 1. The van der Waals surface area contributed by atoms with Gasteiger partial charge in [0.25, 0.3) is 0 Å². The summed E-state index contributed by atoms with van der Waals surface area (Å²) in [4.78, 5) is 3.64. The van der Waals surface area contributed by atoms with Gasteiger partial charge in [-0.15, -0.1) is 12.4 Å². The maximum atomic E-state index is 5.79. The standard InChI is InChI=1S/C24H30N2O3.ClH/c1-5-17-19-13-18(15-8-10-25-11-9-15)22(28-3)14-20(19)26-24(17)16-6-7-21(27-2)23(12-16)29-4;/h6-7,12-15,25-26H,5,8-11H2,1-4H3;1H. The minimum absolute atomic E-state index is 0. The van der Waals surface area contributed by atoms with E-state index in [1.165, 1.54) is 16.5 Å². The average molecular weight is 431 g/mol. The Labute approximate surface area is 184 Å². The van der Waals surface area contributed by atoms with Gasteiger partial charge >= 0.3 is 0 Å². The highest BCUT2D eigenvalue weighted by Crippen LogP contribution is 2.40. The number of methoxy groups -OCH3 is 3. The zero-order valence-corrected chi connectivity index (χ0v) is 18.9. The van der Waals surface area contributed by atoms with Crippen molar-refractivity contribution in [2.24, 2.45) is 0 Å². The molecular weight excluding hydrogens is 400 g/mol. The van der Waals surface area contributed by atoms with E-state index in [2.05, 4.69) is 35.4 Å². The predicted molar refractivity (Wildman–Crippen MR) is 125 cm³/mol. The van der Waals surface area contributed by atoms with Gasteiger partial charge in [0.2, 0.25) is 0 Å². The van der Waals surface area contributed by atoms with Crippen molar-refractivity contribution < 1.29 is 14.2 Å². The van der Waals surface area contributed by atoms with Crippen molar-refractivity contribution in [3.63, 3.8) is 0 Å². The third-order valence-corrected chi connectivity index (χ3v) is 6.06. The first kappa shape index (κ1) is 22.3. The number of hydrogen-bond donors (Lipinski definition) is 2. The Balaban J connectivity index is 0.00000256. The van der Waals surface area contributed by atoms with Gasteiger partial charge in [-0.25, -0.2) is 0 Å². The Morgan fingerprint density at radius 3 is 2.23 bits per heavy atom. The molecule has 162 valence electrons. The van der Waals surface area contributed by atoms with Crippen LogP contribution in [0.2, 0.25) is 0 Å². The zero-order chi connectivity index (χ0) is 20.4. The van der Waals surface area contributed by atoms with E-state index in [1.54, 1.807) is 21.3 Å². The van der Waals surface area contributed by atoms with E-state index in [4.69, 9.17) is 14.2 Å². The summed E-state index contributed by atoms with van der Waals surface area (Å²) in [5.74, 6) is 2.99. The minimum atomic E-state index is 0. The lowest BCUT2D eigenvalue weighted by molar-refractivity contribution is 0.355. The summed E-state index contributed by atoms with van der Waals surface area (Å²) in [7, 11) is 5.10. The van der Waals surface area contributed by atoms with Gasteiger partial charge in [0.1, 0.15) is 5.75 Å². The van der Waals surface area contributed by atoms with E-state index in [0.717, 1.165) is 66.4 Å². The number of nitrogens with one attached hydrogen (secondary N) is 2. The molecule has 1 aliphatic heterocycles. The van der Waals surface area contributed by atoms with Crippen LogP contribution in [0, 0.1) is 0 Å². The van der Waals surface area contributed by atoms with Gasteiger partial charge in [-0.1, -0.05) is 6.92 Å². The highest BCUT2D eigenvalue weighted by atomic mass is 35.5. The van der Waals surface area contributed by atoms with Crippen LogP contribution < -0.4 is 19.5 Å². The van der Waals surface area contributed by atoms with Crippen LogP contribution in [0.5, 0.6) is 17.2 Å². The van der Waals surface area contributed by atoms with Crippen LogP contribution in [-0.4, -0.2) is 39.4 Å². The maximum absolute atomic E-state index is 5.79. The second kappa shape index (κ2) is 9.63. The fourth-order valence-electron chi connectivity index (χ4n) is 4.53. The van der Waals surface area contributed by atoms with Gasteiger partial charge in [-0.05, 0) is 73.7 Å². The van der Waals surface area contributed by atoms with E-state index in [0.29, 0.717) is 5.92 Å². The van der Waals surface area contributed by atoms with Gasteiger partial charge in [0.15, 0.2) is 11.5 Å². The molecular formula is C24H31ClN2O3. The molecule has 30 heavy (non-hydrogen) atoms. The molecule has 2 N–H and O–H groups in total. The van der Waals surface area contributed by atoms with Crippen molar-refractivity contribution in [2.75, 3.05) is 34.4 Å². The molecule has 0 aliphatic carbocycles. The molecule has 0 atom stereocenters. The number of benzene rings is 2. The highest BCUT2D eigenvalue weighted by molar-refractivity contribution is 5.93. The second-order valence-electron chi connectivity index (χ2n) is 7.57. The van der Waals surface area contributed by atoms with Crippen LogP contribution in [-0.2, 0) is 6.42 Å². The molecule has 2 aromatic carbocycles. The van der Waals surface area contributed by atoms with Crippen molar-refractivity contribution in [1.29, 1.82) is 0 Å². The molecule has 0 bridgehead atoms. The Morgan fingerprint density at radius 2 is 1.60 bits per heavy atom. The Hall–Kier alpha value is -2.37. The van der Waals surface area contributed by atoms with Crippen molar-refractivity contribution in [3.8, 4) is 28.5 Å². The third kappa shape index (κ3) is 3.96. The zero-order valence-electron chi connectivity index (χ0n) is 18.1. The van der Waals surface area contributed by atoms with Gasteiger partial charge < -0.3 is 24.5 Å². The monoisotopic (exact) mass is 430 g/mol. The second-order valence-corrected chi connectivity index (χ2v) is 7.57. The van der Waals surface area contributed by atoms with E-state index in [1.807, 2.05) is 12.1 Å². The predicted octanol–water partition coefficient (Wildman–Crippen LogP) is 5.31. The molecule has 0 amide bonds. The molecule has 1 aromatic heterocycles. The number of hydrogen-bond acceptors (Lipinski definition) is 4. The largest absolute Gasteiger partial charge is 0.496 e. The topological polar surface area (TPSA) is 55.5 Å². The molecule has 1 aliphatic rings. The van der Waals surface area contributed by atoms with Crippen LogP contribution in [0.1, 0.15) is 36.8 Å². The average Bonchev–Trinajstić information content (AvgIpc) is 3.15. The third-order valence-electron chi connectivity index (χ3n) is 6.06. The van der Waals surface area contributed by atoms with Crippen molar-refractivity contribution in [3.05, 3.63) is 41.5 Å². The van der Waals surface area contributed by atoms with Gasteiger partial charge in [0.05, 0.1) is 21.3 Å². The lowest BCUT2D eigenvalue weighted by Crippen LogP contribution is -2.26. The smallest absolute Gasteiger partial charge is 0.161 e. The van der Waals surface area contributed by atoms with E-state index in [-0.39, 0.29) is 12.4 Å². The van der Waals surface area contributed by atoms with Crippen LogP contribution in [0.4, 0.5) is 0 Å². The summed E-state index contributed by atoms with van der Waals surface area (Å²) in [6.45, 7) is 4.34. The molecule has 0 spiro atoms. The first-order valence-electron chi connectivity index (χ1n) is 10.4. The molecule has 5 nitrogen and oxygen atoms in total. The summed E-state index contributed by atoms with van der Waals surface area (Å²) in [6, 6.07) is 10.6. The van der Waals surface area contributed by atoms with E-state index < -0.39 is 0 Å². The number of halogens is 1. The van der Waals surface area contributed by atoms with Gasteiger partial charge in [0, 0.05) is 28.2 Å². The first-order valence-corrected chi connectivity index (χ1v) is 10.4. The Kier molecular flexibility index (Phi) is 7.16. The Bertz CT molecular complexity index is 1010. The number of aryl methyl sites for hydroxylation is 1. The molecule has 0 saturated carbocycles. The molecule has 3 aromatic rings. The number of piperidine rings is 1. The molecule has 0 unspecified atom stereocenters. The maximum Gasteiger partial charge on any atom is 0.161 e. The normalized spacial score (nSPS) is 14.4. The fourth-order valence-corrected chi connectivity index (χ4v) is 4.53. The molecule has 1 fully saturated rings. The van der Waals surface area contributed by atoms with Crippen molar-refractivity contribution in [2.45, 2.75) is 32.1 Å². The summed E-state index contributed by atoms with van der Waals surface area (Å²) in [6.07, 6.45) is 3.24.